The van der Waals surface area contributed by atoms with Crippen molar-refractivity contribution in [1.82, 2.24) is 4.90 Å². The number of ether oxygens (including phenoxy) is 2. The van der Waals surface area contributed by atoms with Gasteiger partial charge in [0.1, 0.15) is 13.2 Å². The predicted molar refractivity (Wildman–Crippen MR) is 104 cm³/mol. The average molecular weight is 388 g/mol. The molecular formula is C21H28N2O5. The molecule has 1 aromatic carbocycles. The number of hydrogen-bond acceptors (Lipinski definition) is 5. The normalized spacial score (nSPS) is 20.5. The van der Waals surface area contributed by atoms with Crippen LogP contribution in [0.1, 0.15) is 44.3 Å². The van der Waals surface area contributed by atoms with Crippen LogP contribution in [0.15, 0.2) is 24.3 Å². The van der Waals surface area contributed by atoms with Crippen LogP contribution in [0, 0.1) is 5.92 Å². The van der Waals surface area contributed by atoms with Crippen molar-refractivity contribution in [1.29, 1.82) is 0 Å². The molecule has 7 nitrogen and oxygen atoms in total. The molecule has 0 N–H and O–H groups in total. The number of hydrogen-bond donors (Lipinski definition) is 0. The molecule has 0 spiro atoms. The molecule has 28 heavy (non-hydrogen) atoms. The van der Waals surface area contributed by atoms with Gasteiger partial charge in [0.2, 0.25) is 11.8 Å². The Kier molecular flexibility index (Phi) is 6.67. The fraction of sp³-hybridized carbons (Fsp3) is 0.571. The molecule has 1 saturated carbocycles. The van der Waals surface area contributed by atoms with E-state index in [-0.39, 0.29) is 30.9 Å². The molecular weight excluding hydrogens is 360 g/mol. The van der Waals surface area contributed by atoms with Gasteiger partial charge in [-0.05, 0) is 32.3 Å². The van der Waals surface area contributed by atoms with Gasteiger partial charge in [-0.3, -0.25) is 9.59 Å². The van der Waals surface area contributed by atoms with E-state index in [9.17, 15) is 14.4 Å². The van der Waals surface area contributed by atoms with Crippen LogP contribution in [0.3, 0.4) is 0 Å². The van der Waals surface area contributed by atoms with Gasteiger partial charge in [-0.2, -0.15) is 0 Å². The summed E-state index contributed by atoms with van der Waals surface area (Å²) < 4.78 is 10.8. The Morgan fingerprint density at radius 3 is 2.61 bits per heavy atom. The zero-order valence-corrected chi connectivity index (χ0v) is 16.6. The van der Waals surface area contributed by atoms with Crippen molar-refractivity contribution in [3.05, 3.63) is 29.8 Å². The highest BCUT2D eigenvalue weighted by Crippen LogP contribution is 2.33. The zero-order chi connectivity index (χ0) is 20.1. The van der Waals surface area contributed by atoms with E-state index in [4.69, 9.17) is 9.47 Å². The third-order valence-corrected chi connectivity index (χ3v) is 5.48. The van der Waals surface area contributed by atoms with Crippen LogP contribution in [0.25, 0.3) is 0 Å². The average Bonchev–Trinajstić information content (AvgIpc) is 2.69. The highest BCUT2D eigenvalue weighted by molar-refractivity contribution is 5.97. The van der Waals surface area contributed by atoms with Gasteiger partial charge in [-0.1, -0.05) is 24.6 Å². The summed E-state index contributed by atoms with van der Waals surface area (Å²) in [6.07, 6.45) is 2.95. The summed E-state index contributed by atoms with van der Waals surface area (Å²) in [4.78, 5) is 40.6. The lowest BCUT2D eigenvalue weighted by Gasteiger charge is -2.32. The molecule has 1 unspecified atom stereocenters. The number of nitrogens with zero attached hydrogens (tertiary/aromatic N) is 2. The largest absolute Gasteiger partial charge is 0.464 e. The fourth-order valence-electron chi connectivity index (χ4n) is 3.62. The van der Waals surface area contributed by atoms with E-state index in [1.54, 1.807) is 23.8 Å². The summed E-state index contributed by atoms with van der Waals surface area (Å²) in [6.45, 7) is 2.35. The van der Waals surface area contributed by atoms with Gasteiger partial charge in [-0.15, -0.1) is 0 Å². The molecule has 1 heterocycles. The molecule has 3 rings (SSSR count). The van der Waals surface area contributed by atoms with Gasteiger partial charge in [-0.25, -0.2) is 4.79 Å². The number of carbonyl (C=O) groups is 3. The number of esters is 1. The molecule has 1 aliphatic carbocycles. The highest BCUT2D eigenvalue weighted by Gasteiger charge is 2.33. The van der Waals surface area contributed by atoms with Gasteiger partial charge in [0.15, 0.2) is 0 Å². The number of carbonyl (C=O) groups excluding carboxylic acids is 3. The number of benzene rings is 1. The number of rotatable bonds is 5. The molecule has 0 saturated heterocycles. The van der Waals surface area contributed by atoms with Crippen molar-refractivity contribution >= 4 is 23.5 Å². The van der Waals surface area contributed by atoms with E-state index >= 15 is 0 Å². The highest BCUT2D eigenvalue weighted by atomic mass is 16.6. The van der Waals surface area contributed by atoms with E-state index < -0.39 is 12.1 Å². The SMILES string of the molecule is CCOC(=O)COC1CCN(C(=O)C2CCC2)CC(=O)N(C)c2ccccc21. The first kappa shape index (κ1) is 20.3. The third-order valence-electron chi connectivity index (χ3n) is 5.48. The summed E-state index contributed by atoms with van der Waals surface area (Å²) in [5, 5.41) is 0. The van der Waals surface area contributed by atoms with E-state index in [1.807, 2.05) is 24.3 Å². The second-order valence-electron chi connectivity index (χ2n) is 7.29. The van der Waals surface area contributed by atoms with Crippen LogP contribution in [-0.2, 0) is 23.9 Å². The molecule has 1 aromatic rings. The second-order valence-corrected chi connectivity index (χ2v) is 7.29. The standard InChI is InChI=1S/C21H28N2O5/c1-3-27-20(25)14-28-18-11-12-23(21(26)15-7-6-8-15)13-19(24)22(2)17-10-5-4-9-16(17)18/h4-5,9-10,15,18H,3,6-8,11-14H2,1-2H3. The van der Waals surface area contributed by atoms with Crippen molar-refractivity contribution < 1.29 is 23.9 Å². The number of anilines is 1. The van der Waals surface area contributed by atoms with Crippen molar-refractivity contribution in [3.63, 3.8) is 0 Å². The first-order valence-corrected chi connectivity index (χ1v) is 9.92. The predicted octanol–water partition coefficient (Wildman–Crippen LogP) is 2.30. The van der Waals surface area contributed by atoms with E-state index in [1.165, 1.54) is 0 Å². The molecule has 0 radical (unpaired) electrons. The van der Waals surface area contributed by atoms with Crippen molar-refractivity contribution in [2.75, 3.05) is 38.3 Å². The van der Waals surface area contributed by atoms with Gasteiger partial charge in [0.05, 0.1) is 12.7 Å². The first-order chi connectivity index (χ1) is 13.5. The molecule has 1 atom stereocenters. The van der Waals surface area contributed by atoms with Gasteiger partial charge < -0.3 is 19.3 Å². The van der Waals surface area contributed by atoms with Crippen LogP contribution >= 0.6 is 0 Å². The summed E-state index contributed by atoms with van der Waals surface area (Å²) >= 11 is 0. The van der Waals surface area contributed by atoms with E-state index in [2.05, 4.69) is 0 Å². The second kappa shape index (κ2) is 9.19. The Bertz CT molecular complexity index is 731. The topological polar surface area (TPSA) is 76.1 Å². The molecule has 1 fully saturated rings. The van der Waals surface area contributed by atoms with Gasteiger partial charge >= 0.3 is 5.97 Å². The molecule has 0 aromatic heterocycles. The Morgan fingerprint density at radius 2 is 1.93 bits per heavy atom. The third kappa shape index (κ3) is 4.52. The van der Waals surface area contributed by atoms with Crippen molar-refractivity contribution in [3.8, 4) is 0 Å². The molecule has 152 valence electrons. The first-order valence-electron chi connectivity index (χ1n) is 9.92. The Morgan fingerprint density at radius 1 is 1.18 bits per heavy atom. The molecule has 2 amide bonds. The maximum Gasteiger partial charge on any atom is 0.332 e. The lowest BCUT2D eigenvalue weighted by molar-refractivity contribution is -0.151. The lowest BCUT2D eigenvalue weighted by atomic mass is 9.84. The molecule has 1 aliphatic heterocycles. The summed E-state index contributed by atoms with van der Waals surface area (Å²) in [7, 11) is 1.71. The number of amides is 2. The lowest BCUT2D eigenvalue weighted by Crippen LogP contribution is -2.45. The smallest absolute Gasteiger partial charge is 0.332 e. The summed E-state index contributed by atoms with van der Waals surface area (Å²) in [5.41, 5.74) is 1.57. The van der Waals surface area contributed by atoms with E-state index in [0.717, 1.165) is 30.5 Å². The monoisotopic (exact) mass is 388 g/mol. The summed E-state index contributed by atoms with van der Waals surface area (Å²) in [6, 6.07) is 7.50. The number of para-hydroxylation sites is 1. The summed E-state index contributed by atoms with van der Waals surface area (Å²) in [5.74, 6) is -0.485. The minimum Gasteiger partial charge on any atom is -0.464 e. The maximum atomic E-state index is 12.8. The van der Waals surface area contributed by atoms with Gasteiger partial charge in [0, 0.05) is 30.8 Å². The van der Waals surface area contributed by atoms with Crippen LogP contribution in [0.2, 0.25) is 0 Å². The Labute approximate surface area is 165 Å². The van der Waals surface area contributed by atoms with E-state index in [0.29, 0.717) is 19.6 Å². The quantitative estimate of drug-likeness (QED) is 0.724. The fourth-order valence-corrected chi connectivity index (χ4v) is 3.62. The van der Waals surface area contributed by atoms with Crippen LogP contribution in [0.4, 0.5) is 5.69 Å². The van der Waals surface area contributed by atoms with Crippen molar-refractivity contribution in [2.45, 2.75) is 38.7 Å². The molecule has 2 aliphatic rings. The molecule has 0 bridgehead atoms. The van der Waals surface area contributed by atoms with Crippen LogP contribution in [0.5, 0.6) is 0 Å². The van der Waals surface area contributed by atoms with Crippen LogP contribution < -0.4 is 4.90 Å². The van der Waals surface area contributed by atoms with Crippen LogP contribution in [-0.4, -0.2) is 56.0 Å². The Balaban J connectivity index is 1.83. The Hall–Kier alpha value is -2.41. The van der Waals surface area contributed by atoms with Gasteiger partial charge in [0.25, 0.3) is 0 Å². The zero-order valence-electron chi connectivity index (χ0n) is 16.6. The minimum absolute atomic E-state index is 0.0279. The molecule has 7 heteroatoms. The number of fused-ring (bicyclic) bond motifs is 1. The van der Waals surface area contributed by atoms with Crippen molar-refractivity contribution in [2.24, 2.45) is 5.92 Å². The maximum absolute atomic E-state index is 12.8. The minimum atomic E-state index is -0.424. The number of likely N-dealkylation sites (N-methyl/N-ethyl adjacent to an activating group) is 1.